The Labute approximate surface area is 190 Å². The van der Waals surface area contributed by atoms with Gasteiger partial charge in [-0.3, -0.25) is 4.99 Å². The van der Waals surface area contributed by atoms with E-state index >= 15 is 0 Å². The summed E-state index contributed by atoms with van der Waals surface area (Å²) in [6.45, 7) is 8.66. The number of likely N-dealkylation sites (tertiary alicyclic amines) is 1. The summed E-state index contributed by atoms with van der Waals surface area (Å²) in [4.78, 5) is 13.7. The van der Waals surface area contributed by atoms with E-state index in [1.807, 2.05) is 4.90 Å². The number of halogens is 1. The maximum Gasteiger partial charge on any atom is 0.191 e. The van der Waals surface area contributed by atoms with Crippen LogP contribution in [0.4, 0.5) is 10.2 Å². The third kappa shape index (κ3) is 6.19. The molecule has 1 aromatic heterocycles. The van der Waals surface area contributed by atoms with Gasteiger partial charge in [-0.2, -0.15) is 0 Å². The van der Waals surface area contributed by atoms with Gasteiger partial charge < -0.3 is 20.4 Å². The highest BCUT2D eigenvalue weighted by molar-refractivity contribution is 5.80. The topological polar surface area (TPSA) is 55.8 Å². The molecule has 2 aliphatic rings. The molecule has 0 saturated carbocycles. The molecule has 2 aliphatic heterocycles. The Hall–Kier alpha value is -2.67. The summed E-state index contributed by atoms with van der Waals surface area (Å²) in [7, 11) is 0. The summed E-state index contributed by atoms with van der Waals surface area (Å²) >= 11 is 0. The molecule has 0 radical (unpaired) electrons. The number of rotatable bonds is 8. The van der Waals surface area contributed by atoms with E-state index in [-0.39, 0.29) is 11.9 Å². The molecule has 2 aromatic rings. The van der Waals surface area contributed by atoms with Crippen molar-refractivity contribution < 1.29 is 4.39 Å². The molecule has 0 aliphatic carbocycles. The quantitative estimate of drug-likeness (QED) is 0.490. The largest absolute Gasteiger partial charge is 0.357 e. The number of guanidine groups is 1. The molecule has 2 unspecified atom stereocenters. The molecule has 0 amide bonds. The first kappa shape index (κ1) is 22.5. The normalized spacial score (nSPS) is 21.8. The highest BCUT2D eigenvalue weighted by Crippen LogP contribution is 2.21. The SMILES string of the molecule is CCNC(=NCC1CCN(CCc2ccccc2)C1)NC1CCN(c2ncccc2F)C1. The molecule has 172 valence electrons. The number of aliphatic imine (C=N–C) groups is 1. The van der Waals surface area contributed by atoms with Crippen molar-refractivity contribution in [1.29, 1.82) is 0 Å². The molecule has 3 heterocycles. The second-order valence-corrected chi connectivity index (χ2v) is 8.80. The summed E-state index contributed by atoms with van der Waals surface area (Å²) in [5.41, 5.74) is 1.41. The van der Waals surface area contributed by atoms with Crippen LogP contribution in [0.2, 0.25) is 0 Å². The number of nitrogens with zero attached hydrogens (tertiary/aromatic N) is 4. The van der Waals surface area contributed by atoms with E-state index < -0.39 is 0 Å². The minimum atomic E-state index is -0.258. The number of hydrogen-bond donors (Lipinski definition) is 2. The number of nitrogens with one attached hydrogen (secondary N) is 2. The molecule has 2 N–H and O–H groups in total. The first-order valence-electron chi connectivity index (χ1n) is 11.9. The predicted molar refractivity (Wildman–Crippen MR) is 129 cm³/mol. The zero-order chi connectivity index (χ0) is 22.2. The van der Waals surface area contributed by atoms with Crippen molar-refractivity contribution >= 4 is 11.8 Å². The van der Waals surface area contributed by atoms with Crippen molar-refractivity contribution in [3.8, 4) is 0 Å². The van der Waals surface area contributed by atoms with Gasteiger partial charge in [-0.05, 0) is 56.3 Å². The molecule has 6 nitrogen and oxygen atoms in total. The van der Waals surface area contributed by atoms with Crippen LogP contribution in [0.15, 0.2) is 53.7 Å². The Morgan fingerprint density at radius 3 is 2.81 bits per heavy atom. The minimum absolute atomic E-state index is 0.236. The second-order valence-electron chi connectivity index (χ2n) is 8.80. The fourth-order valence-electron chi connectivity index (χ4n) is 4.61. The Morgan fingerprint density at radius 2 is 2.00 bits per heavy atom. The van der Waals surface area contributed by atoms with E-state index in [0.29, 0.717) is 11.7 Å². The lowest BCUT2D eigenvalue weighted by molar-refractivity contribution is 0.329. The summed E-state index contributed by atoms with van der Waals surface area (Å²) in [6.07, 6.45) is 4.90. The van der Waals surface area contributed by atoms with Crippen molar-refractivity contribution in [3.05, 3.63) is 60.0 Å². The molecule has 4 rings (SSSR count). The zero-order valence-corrected chi connectivity index (χ0v) is 19.0. The van der Waals surface area contributed by atoms with Gasteiger partial charge in [-0.1, -0.05) is 30.3 Å². The average Bonchev–Trinajstić information content (AvgIpc) is 3.47. The van der Waals surface area contributed by atoms with Crippen LogP contribution in [0.1, 0.15) is 25.3 Å². The molecule has 7 heteroatoms. The molecule has 0 spiro atoms. The van der Waals surface area contributed by atoms with Crippen molar-refractivity contribution in [3.63, 3.8) is 0 Å². The number of benzene rings is 1. The molecule has 2 saturated heterocycles. The van der Waals surface area contributed by atoms with Crippen LogP contribution in [0.5, 0.6) is 0 Å². The average molecular weight is 439 g/mol. The van der Waals surface area contributed by atoms with Crippen molar-refractivity contribution in [2.24, 2.45) is 10.9 Å². The van der Waals surface area contributed by atoms with Crippen molar-refractivity contribution in [1.82, 2.24) is 20.5 Å². The number of anilines is 1. The molecule has 32 heavy (non-hydrogen) atoms. The van der Waals surface area contributed by atoms with Crippen molar-refractivity contribution in [2.75, 3.05) is 50.7 Å². The summed E-state index contributed by atoms with van der Waals surface area (Å²) in [5.74, 6) is 1.65. The summed E-state index contributed by atoms with van der Waals surface area (Å²) in [5, 5.41) is 6.93. The Kier molecular flexibility index (Phi) is 7.93. The van der Waals surface area contributed by atoms with E-state index in [9.17, 15) is 4.39 Å². The van der Waals surface area contributed by atoms with E-state index in [1.165, 1.54) is 18.1 Å². The molecule has 2 fully saturated rings. The second kappa shape index (κ2) is 11.3. The maximum atomic E-state index is 14.1. The molecule has 0 bridgehead atoms. The maximum absolute atomic E-state index is 14.1. The Bertz CT molecular complexity index is 874. The standard InChI is InChI=1S/C25H35FN6/c1-2-27-25(30-22-12-16-32(19-22)24-23(26)9-6-13-28-24)29-17-21-11-15-31(18-21)14-10-20-7-4-3-5-8-20/h3-9,13,21-22H,2,10-12,14-19H2,1H3,(H2,27,29,30). The van der Waals surface area contributed by atoms with Gasteiger partial charge in [0, 0.05) is 51.5 Å². The van der Waals surface area contributed by atoms with E-state index in [2.05, 4.69) is 57.8 Å². The molecular weight excluding hydrogens is 403 g/mol. The highest BCUT2D eigenvalue weighted by atomic mass is 19.1. The smallest absolute Gasteiger partial charge is 0.191 e. The first-order chi connectivity index (χ1) is 15.7. The minimum Gasteiger partial charge on any atom is -0.357 e. The van der Waals surface area contributed by atoms with Gasteiger partial charge in [0.1, 0.15) is 0 Å². The first-order valence-corrected chi connectivity index (χ1v) is 11.9. The van der Waals surface area contributed by atoms with Crippen LogP contribution in [-0.2, 0) is 6.42 Å². The lowest BCUT2D eigenvalue weighted by atomic mass is 10.1. The number of pyridine rings is 1. The van der Waals surface area contributed by atoms with E-state index in [1.54, 1.807) is 12.3 Å². The van der Waals surface area contributed by atoms with Crippen LogP contribution >= 0.6 is 0 Å². The third-order valence-electron chi connectivity index (χ3n) is 6.35. The Morgan fingerprint density at radius 1 is 1.12 bits per heavy atom. The Balaban J connectivity index is 1.24. The predicted octanol–water partition coefficient (Wildman–Crippen LogP) is 2.92. The van der Waals surface area contributed by atoms with Gasteiger partial charge in [0.05, 0.1) is 0 Å². The number of hydrogen-bond acceptors (Lipinski definition) is 4. The van der Waals surface area contributed by atoms with Crippen LogP contribution in [0.25, 0.3) is 0 Å². The van der Waals surface area contributed by atoms with E-state index in [0.717, 1.165) is 64.6 Å². The van der Waals surface area contributed by atoms with Gasteiger partial charge in [-0.25, -0.2) is 9.37 Å². The number of aromatic nitrogens is 1. The zero-order valence-electron chi connectivity index (χ0n) is 19.0. The van der Waals surface area contributed by atoms with Gasteiger partial charge in [0.2, 0.25) is 0 Å². The van der Waals surface area contributed by atoms with Crippen molar-refractivity contribution in [2.45, 2.75) is 32.2 Å². The summed E-state index contributed by atoms with van der Waals surface area (Å²) in [6, 6.07) is 14.1. The van der Waals surface area contributed by atoms with Crippen LogP contribution in [0, 0.1) is 11.7 Å². The monoisotopic (exact) mass is 438 g/mol. The molecule has 1 aromatic carbocycles. The van der Waals surface area contributed by atoms with Crippen LogP contribution < -0.4 is 15.5 Å². The van der Waals surface area contributed by atoms with Gasteiger partial charge in [0.25, 0.3) is 0 Å². The summed E-state index contributed by atoms with van der Waals surface area (Å²) < 4.78 is 14.1. The van der Waals surface area contributed by atoms with Gasteiger partial charge in [-0.15, -0.1) is 0 Å². The third-order valence-corrected chi connectivity index (χ3v) is 6.35. The molecular formula is C25H35FN6. The lowest BCUT2D eigenvalue weighted by Crippen LogP contribution is -2.45. The van der Waals surface area contributed by atoms with Crippen LogP contribution in [0.3, 0.4) is 0 Å². The fourth-order valence-corrected chi connectivity index (χ4v) is 4.61. The molecule has 2 atom stereocenters. The van der Waals surface area contributed by atoms with Gasteiger partial charge in [0.15, 0.2) is 17.6 Å². The highest BCUT2D eigenvalue weighted by Gasteiger charge is 2.26. The fraction of sp³-hybridized carbons (Fsp3) is 0.520. The van der Waals surface area contributed by atoms with Gasteiger partial charge >= 0.3 is 0 Å². The van der Waals surface area contributed by atoms with Crippen LogP contribution in [-0.4, -0.2) is 67.7 Å². The van der Waals surface area contributed by atoms with E-state index in [4.69, 9.17) is 4.99 Å². The lowest BCUT2D eigenvalue weighted by Gasteiger charge is -2.20.